The Morgan fingerprint density at radius 1 is 1.11 bits per heavy atom. The molecule has 0 atom stereocenters. The van der Waals surface area contributed by atoms with E-state index in [1.165, 1.54) is 12.1 Å². The molecule has 0 bridgehead atoms. The third kappa shape index (κ3) is 5.43. The first kappa shape index (κ1) is 21.6. The van der Waals surface area contributed by atoms with E-state index in [9.17, 15) is 22.7 Å². The summed E-state index contributed by atoms with van der Waals surface area (Å²) in [5.74, 6) is -1.71. The fourth-order valence-corrected chi connectivity index (χ4v) is 3.68. The van der Waals surface area contributed by atoms with Crippen molar-refractivity contribution in [1.29, 1.82) is 0 Å². The molecular weight excluding hydrogens is 385 g/mol. The van der Waals surface area contributed by atoms with E-state index in [1.807, 2.05) is 30.8 Å². The van der Waals surface area contributed by atoms with Crippen LogP contribution in [0.5, 0.6) is 0 Å². The van der Waals surface area contributed by atoms with Gasteiger partial charge in [0.1, 0.15) is 5.82 Å². The lowest BCUT2D eigenvalue weighted by molar-refractivity contribution is 0.0697. The van der Waals surface area contributed by atoms with Crippen molar-refractivity contribution in [2.45, 2.75) is 11.8 Å². The van der Waals surface area contributed by atoms with Crippen LogP contribution >= 0.6 is 0 Å². The van der Waals surface area contributed by atoms with E-state index in [-0.39, 0.29) is 16.1 Å². The van der Waals surface area contributed by atoms with Crippen molar-refractivity contribution in [3.05, 3.63) is 53.8 Å². The van der Waals surface area contributed by atoms with Gasteiger partial charge in [0.05, 0.1) is 21.8 Å². The largest absolute Gasteiger partial charge is 0.478 e. The fourth-order valence-electron chi connectivity index (χ4n) is 2.61. The number of aromatic carboxylic acids is 1. The summed E-state index contributed by atoms with van der Waals surface area (Å²) in [5.41, 5.74) is 0.689. The monoisotopic (exact) mass is 409 g/mol. The zero-order chi connectivity index (χ0) is 20.9. The van der Waals surface area contributed by atoms with Crippen LogP contribution in [0, 0.1) is 5.82 Å². The lowest BCUT2D eigenvalue weighted by atomic mass is 10.1. The molecule has 7 nitrogen and oxygen atoms in total. The van der Waals surface area contributed by atoms with Gasteiger partial charge in [-0.15, -0.1) is 0 Å². The Labute approximate surface area is 164 Å². The first-order valence-electron chi connectivity index (χ1n) is 8.69. The molecule has 0 unspecified atom stereocenters. The molecule has 0 aliphatic rings. The van der Waals surface area contributed by atoms with E-state index in [0.717, 1.165) is 30.8 Å². The lowest BCUT2D eigenvalue weighted by Crippen LogP contribution is -2.32. The molecule has 2 aromatic carbocycles. The minimum absolute atomic E-state index is 0.0378. The van der Waals surface area contributed by atoms with Gasteiger partial charge in [0, 0.05) is 19.6 Å². The van der Waals surface area contributed by atoms with Gasteiger partial charge < -0.3 is 14.9 Å². The van der Waals surface area contributed by atoms with Crippen LogP contribution < -0.4 is 9.62 Å². The number of sulfonamides is 1. The highest BCUT2D eigenvalue weighted by Crippen LogP contribution is 2.29. The SMILES string of the molecule is CCN(CCN(C)C)c1ccc(C(=O)O)cc1NS(=O)(=O)c1ccc(F)cc1. The molecule has 9 heteroatoms. The summed E-state index contributed by atoms with van der Waals surface area (Å²) in [6.07, 6.45) is 0. The van der Waals surface area contributed by atoms with E-state index < -0.39 is 21.8 Å². The van der Waals surface area contributed by atoms with Crippen LogP contribution in [0.1, 0.15) is 17.3 Å². The standard InChI is InChI=1S/C19H24FN3O4S/c1-4-23(12-11-22(2)3)18-10-5-14(19(24)25)13-17(18)21-28(26,27)16-8-6-15(20)7-9-16/h5-10,13,21H,4,11-12H2,1-3H3,(H,24,25). The van der Waals surface area contributed by atoms with Crippen LogP contribution in [0.15, 0.2) is 47.4 Å². The van der Waals surface area contributed by atoms with Crippen LogP contribution in [0.25, 0.3) is 0 Å². The summed E-state index contributed by atoms with van der Waals surface area (Å²) in [6.45, 7) is 3.89. The number of carboxylic acid groups (broad SMARTS) is 1. The Bertz CT molecular complexity index is 931. The van der Waals surface area contributed by atoms with Gasteiger partial charge in [-0.1, -0.05) is 0 Å². The normalized spacial score (nSPS) is 11.5. The Kier molecular flexibility index (Phi) is 6.98. The van der Waals surface area contributed by atoms with Crippen LogP contribution in [0.4, 0.5) is 15.8 Å². The summed E-state index contributed by atoms with van der Waals surface area (Å²) < 4.78 is 41.0. The maximum Gasteiger partial charge on any atom is 0.335 e. The molecule has 0 fully saturated rings. The first-order chi connectivity index (χ1) is 13.1. The van der Waals surface area contributed by atoms with Crippen LogP contribution in [0.3, 0.4) is 0 Å². The topological polar surface area (TPSA) is 89.9 Å². The number of carboxylic acids is 1. The average Bonchev–Trinajstić information content (AvgIpc) is 2.62. The van der Waals surface area contributed by atoms with Crippen LogP contribution in [-0.4, -0.2) is 58.1 Å². The van der Waals surface area contributed by atoms with Crippen molar-refractivity contribution < 1.29 is 22.7 Å². The minimum Gasteiger partial charge on any atom is -0.478 e. The molecule has 0 radical (unpaired) electrons. The average molecular weight is 409 g/mol. The predicted molar refractivity (Wildman–Crippen MR) is 107 cm³/mol. The zero-order valence-electron chi connectivity index (χ0n) is 16.0. The van der Waals surface area contributed by atoms with Crippen molar-refractivity contribution in [3.63, 3.8) is 0 Å². The van der Waals surface area contributed by atoms with Gasteiger partial charge in [0.2, 0.25) is 0 Å². The molecule has 152 valence electrons. The minimum atomic E-state index is -4.01. The van der Waals surface area contributed by atoms with Crippen molar-refractivity contribution in [2.24, 2.45) is 0 Å². The number of carbonyl (C=O) groups is 1. The van der Waals surface area contributed by atoms with E-state index in [0.29, 0.717) is 18.8 Å². The number of rotatable bonds is 9. The van der Waals surface area contributed by atoms with Crippen molar-refractivity contribution in [3.8, 4) is 0 Å². The highest BCUT2D eigenvalue weighted by molar-refractivity contribution is 7.92. The molecule has 0 aliphatic carbocycles. The molecule has 2 aromatic rings. The van der Waals surface area contributed by atoms with Crippen LogP contribution in [0.2, 0.25) is 0 Å². The highest BCUT2D eigenvalue weighted by Gasteiger charge is 2.20. The van der Waals surface area contributed by atoms with E-state index >= 15 is 0 Å². The first-order valence-corrected chi connectivity index (χ1v) is 10.2. The maximum atomic E-state index is 13.1. The number of nitrogens with zero attached hydrogens (tertiary/aromatic N) is 2. The molecule has 0 spiro atoms. The van der Waals surface area contributed by atoms with Gasteiger partial charge in [-0.05, 0) is 63.5 Å². The Hall–Kier alpha value is -2.65. The van der Waals surface area contributed by atoms with Crippen molar-refractivity contribution >= 4 is 27.4 Å². The van der Waals surface area contributed by atoms with Gasteiger partial charge in [0.25, 0.3) is 10.0 Å². The van der Waals surface area contributed by atoms with Gasteiger partial charge in [-0.25, -0.2) is 17.6 Å². The smallest absolute Gasteiger partial charge is 0.335 e. The van der Waals surface area contributed by atoms with Crippen LogP contribution in [-0.2, 0) is 10.0 Å². The second kappa shape index (κ2) is 9.03. The van der Waals surface area contributed by atoms with E-state index in [2.05, 4.69) is 4.72 Å². The molecule has 0 saturated heterocycles. The number of likely N-dealkylation sites (N-methyl/N-ethyl adjacent to an activating group) is 2. The van der Waals surface area contributed by atoms with Gasteiger partial charge >= 0.3 is 5.97 Å². The predicted octanol–water partition coefficient (Wildman–Crippen LogP) is 2.71. The second-order valence-corrected chi connectivity index (χ2v) is 8.16. The highest BCUT2D eigenvalue weighted by atomic mass is 32.2. The summed E-state index contributed by atoms with van der Waals surface area (Å²) >= 11 is 0. The van der Waals surface area contributed by atoms with Crippen molar-refractivity contribution in [2.75, 3.05) is 43.4 Å². The quantitative estimate of drug-likeness (QED) is 0.662. The third-order valence-corrected chi connectivity index (χ3v) is 5.53. The molecule has 0 aromatic heterocycles. The van der Waals surface area contributed by atoms with Gasteiger partial charge in [0.15, 0.2) is 0 Å². The molecule has 0 aliphatic heterocycles. The Morgan fingerprint density at radius 2 is 1.75 bits per heavy atom. The Morgan fingerprint density at radius 3 is 2.29 bits per heavy atom. The number of hydrogen-bond donors (Lipinski definition) is 2. The second-order valence-electron chi connectivity index (χ2n) is 6.48. The maximum absolute atomic E-state index is 13.1. The molecule has 0 heterocycles. The Balaban J connectivity index is 2.45. The molecule has 0 amide bonds. The summed E-state index contributed by atoms with van der Waals surface area (Å²) in [7, 11) is -0.155. The number of hydrogen-bond acceptors (Lipinski definition) is 5. The van der Waals surface area contributed by atoms with Gasteiger partial charge in [-0.3, -0.25) is 4.72 Å². The molecule has 2 N–H and O–H groups in total. The summed E-state index contributed by atoms with van der Waals surface area (Å²) in [4.78, 5) is 15.2. The molecule has 0 saturated carbocycles. The fraction of sp³-hybridized carbons (Fsp3) is 0.316. The number of nitrogens with one attached hydrogen (secondary N) is 1. The molecule has 2 rings (SSSR count). The zero-order valence-corrected chi connectivity index (χ0v) is 16.8. The number of anilines is 2. The van der Waals surface area contributed by atoms with E-state index in [4.69, 9.17) is 0 Å². The number of halogens is 1. The summed E-state index contributed by atoms with van der Waals surface area (Å²) in [6, 6.07) is 8.73. The lowest BCUT2D eigenvalue weighted by Gasteiger charge is -2.27. The third-order valence-electron chi connectivity index (χ3n) is 4.15. The molecule has 28 heavy (non-hydrogen) atoms. The van der Waals surface area contributed by atoms with Gasteiger partial charge in [-0.2, -0.15) is 0 Å². The summed E-state index contributed by atoms with van der Waals surface area (Å²) in [5, 5.41) is 9.28. The van der Waals surface area contributed by atoms with Crippen molar-refractivity contribution in [1.82, 2.24) is 4.90 Å². The molecular formula is C19H24FN3O4S. The van der Waals surface area contributed by atoms with E-state index in [1.54, 1.807) is 6.07 Å². The number of benzene rings is 2.